The van der Waals surface area contributed by atoms with Gasteiger partial charge >= 0.3 is 0 Å². The molecule has 6 nitrogen and oxygen atoms in total. The van der Waals surface area contributed by atoms with Gasteiger partial charge in [-0.25, -0.2) is 9.38 Å². The first-order chi connectivity index (χ1) is 10.4. The van der Waals surface area contributed by atoms with Crippen LogP contribution in [0.5, 0.6) is 0 Å². The quantitative estimate of drug-likeness (QED) is 0.786. The SMILES string of the molecule is Cc1ccc(Nc2nc(C)n3c(=O)cc(C)nc3n2)c(C)c1. The van der Waals surface area contributed by atoms with E-state index in [1.165, 1.54) is 16.0 Å². The highest BCUT2D eigenvalue weighted by atomic mass is 16.1. The van der Waals surface area contributed by atoms with E-state index in [1.807, 2.05) is 26.0 Å². The van der Waals surface area contributed by atoms with Crippen LogP contribution in [-0.4, -0.2) is 19.4 Å². The number of aromatic nitrogens is 4. The molecule has 22 heavy (non-hydrogen) atoms. The Morgan fingerprint density at radius 2 is 1.77 bits per heavy atom. The summed E-state index contributed by atoms with van der Waals surface area (Å²) in [5.41, 5.74) is 3.71. The van der Waals surface area contributed by atoms with Crippen molar-refractivity contribution < 1.29 is 0 Å². The molecule has 0 aliphatic carbocycles. The Labute approximate surface area is 127 Å². The van der Waals surface area contributed by atoms with Crippen molar-refractivity contribution in [3.05, 3.63) is 57.3 Å². The number of aryl methyl sites for hydroxylation is 4. The van der Waals surface area contributed by atoms with Crippen molar-refractivity contribution in [1.82, 2.24) is 19.4 Å². The van der Waals surface area contributed by atoms with Crippen LogP contribution in [0, 0.1) is 27.7 Å². The summed E-state index contributed by atoms with van der Waals surface area (Å²) in [7, 11) is 0. The summed E-state index contributed by atoms with van der Waals surface area (Å²) in [6.45, 7) is 7.61. The fraction of sp³-hybridized carbons (Fsp3) is 0.250. The van der Waals surface area contributed by atoms with Crippen LogP contribution in [0.25, 0.3) is 5.78 Å². The van der Waals surface area contributed by atoms with E-state index in [0.29, 0.717) is 23.2 Å². The van der Waals surface area contributed by atoms with Gasteiger partial charge in [0.05, 0.1) is 0 Å². The molecule has 2 aromatic heterocycles. The third kappa shape index (κ3) is 2.55. The van der Waals surface area contributed by atoms with Crippen molar-refractivity contribution >= 4 is 17.4 Å². The van der Waals surface area contributed by atoms with Crippen LogP contribution in [0.4, 0.5) is 11.6 Å². The average molecular weight is 295 g/mol. The zero-order valence-electron chi connectivity index (χ0n) is 13.0. The lowest BCUT2D eigenvalue weighted by atomic mass is 10.1. The first-order valence-corrected chi connectivity index (χ1v) is 7.03. The van der Waals surface area contributed by atoms with E-state index in [1.54, 1.807) is 13.8 Å². The molecular weight excluding hydrogens is 278 g/mol. The minimum atomic E-state index is -0.168. The molecule has 0 fully saturated rings. The minimum Gasteiger partial charge on any atom is -0.324 e. The summed E-state index contributed by atoms with van der Waals surface area (Å²) in [4.78, 5) is 25.0. The van der Waals surface area contributed by atoms with Gasteiger partial charge in [-0.3, -0.25) is 4.79 Å². The maximum absolute atomic E-state index is 12.0. The first kappa shape index (κ1) is 14.2. The third-order valence-electron chi connectivity index (χ3n) is 3.45. The lowest BCUT2D eigenvalue weighted by Crippen LogP contribution is -2.20. The molecule has 0 amide bonds. The number of anilines is 2. The topological polar surface area (TPSA) is 72.2 Å². The van der Waals surface area contributed by atoms with Gasteiger partial charge in [0, 0.05) is 17.4 Å². The zero-order valence-corrected chi connectivity index (χ0v) is 13.0. The van der Waals surface area contributed by atoms with Crippen LogP contribution < -0.4 is 10.9 Å². The predicted octanol–water partition coefficient (Wildman–Crippen LogP) is 2.46. The number of fused-ring (bicyclic) bond motifs is 1. The predicted molar refractivity (Wildman–Crippen MR) is 85.7 cm³/mol. The lowest BCUT2D eigenvalue weighted by molar-refractivity contribution is 0.875. The Balaban J connectivity index is 2.10. The van der Waals surface area contributed by atoms with Gasteiger partial charge in [0.2, 0.25) is 11.7 Å². The van der Waals surface area contributed by atoms with Gasteiger partial charge in [0.15, 0.2) is 0 Å². The minimum absolute atomic E-state index is 0.168. The second-order valence-corrected chi connectivity index (χ2v) is 5.41. The van der Waals surface area contributed by atoms with Crippen molar-refractivity contribution in [3.8, 4) is 0 Å². The largest absolute Gasteiger partial charge is 0.324 e. The van der Waals surface area contributed by atoms with Crippen molar-refractivity contribution in [2.75, 3.05) is 5.32 Å². The fourth-order valence-electron chi connectivity index (χ4n) is 2.41. The first-order valence-electron chi connectivity index (χ1n) is 7.03. The van der Waals surface area contributed by atoms with Gasteiger partial charge in [-0.15, -0.1) is 0 Å². The summed E-state index contributed by atoms with van der Waals surface area (Å²) in [5.74, 6) is 1.33. The number of hydrogen-bond acceptors (Lipinski definition) is 5. The van der Waals surface area contributed by atoms with Crippen LogP contribution in [0.1, 0.15) is 22.6 Å². The highest BCUT2D eigenvalue weighted by Crippen LogP contribution is 2.19. The number of rotatable bonds is 2. The molecule has 3 rings (SSSR count). The van der Waals surface area contributed by atoms with Gasteiger partial charge < -0.3 is 5.32 Å². The van der Waals surface area contributed by atoms with E-state index in [4.69, 9.17) is 0 Å². The molecule has 112 valence electrons. The molecule has 0 atom stereocenters. The van der Waals surface area contributed by atoms with Gasteiger partial charge in [-0.1, -0.05) is 17.7 Å². The second kappa shape index (κ2) is 5.22. The average Bonchev–Trinajstić information content (AvgIpc) is 2.40. The molecular formula is C16H17N5O. The number of hydrogen-bond donors (Lipinski definition) is 1. The Morgan fingerprint density at radius 3 is 2.50 bits per heavy atom. The Kier molecular flexibility index (Phi) is 3.36. The normalized spacial score (nSPS) is 10.9. The molecule has 0 aliphatic rings. The highest BCUT2D eigenvalue weighted by Gasteiger charge is 2.09. The van der Waals surface area contributed by atoms with E-state index < -0.39 is 0 Å². The van der Waals surface area contributed by atoms with Gasteiger partial charge in [0.1, 0.15) is 5.82 Å². The molecule has 1 N–H and O–H groups in total. The van der Waals surface area contributed by atoms with Crippen LogP contribution in [0.3, 0.4) is 0 Å². The summed E-state index contributed by atoms with van der Waals surface area (Å²) in [6, 6.07) is 7.57. The maximum Gasteiger partial charge on any atom is 0.260 e. The highest BCUT2D eigenvalue weighted by molar-refractivity contribution is 5.59. The Hall–Kier alpha value is -2.76. The summed E-state index contributed by atoms with van der Waals surface area (Å²) >= 11 is 0. The molecule has 2 heterocycles. The van der Waals surface area contributed by atoms with Crippen molar-refractivity contribution in [3.63, 3.8) is 0 Å². The van der Waals surface area contributed by atoms with E-state index in [2.05, 4.69) is 26.3 Å². The summed E-state index contributed by atoms with van der Waals surface area (Å²) < 4.78 is 1.40. The van der Waals surface area contributed by atoms with Crippen LogP contribution in [0.2, 0.25) is 0 Å². The number of nitrogens with one attached hydrogen (secondary N) is 1. The molecule has 0 spiro atoms. The molecule has 0 unspecified atom stereocenters. The van der Waals surface area contributed by atoms with Crippen LogP contribution in [0.15, 0.2) is 29.1 Å². The van der Waals surface area contributed by atoms with Crippen molar-refractivity contribution in [1.29, 1.82) is 0 Å². The van der Waals surface area contributed by atoms with E-state index in [0.717, 1.165) is 11.3 Å². The number of nitrogens with zero attached hydrogens (tertiary/aromatic N) is 4. The molecule has 6 heteroatoms. The smallest absolute Gasteiger partial charge is 0.260 e. The van der Waals surface area contributed by atoms with Gasteiger partial charge in [-0.05, 0) is 39.3 Å². The third-order valence-corrected chi connectivity index (χ3v) is 3.45. The van der Waals surface area contributed by atoms with E-state index >= 15 is 0 Å². The van der Waals surface area contributed by atoms with Gasteiger partial charge in [-0.2, -0.15) is 9.97 Å². The molecule has 0 bridgehead atoms. The molecule has 0 saturated carbocycles. The van der Waals surface area contributed by atoms with Gasteiger partial charge in [0.25, 0.3) is 5.56 Å². The lowest BCUT2D eigenvalue weighted by Gasteiger charge is -2.11. The molecule has 1 aromatic carbocycles. The van der Waals surface area contributed by atoms with Crippen LogP contribution in [-0.2, 0) is 0 Å². The van der Waals surface area contributed by atoms with Crippen LogP contribution >= 0.6 is 0 Å². The fourth-order valence-corrected chi connectivity index (χ4v) is 2.41. The molecule has 3 aromatic rings. The second-order valence-electron chi connectivity index (χ2n) is 5.41. The standard InChI is InChI=1S/C16H17N5O/c1-9-5-6-13(10(2)7-9)19-15-18-12(4)21-14(22)8-11(3)17-16(21)20-15/h5-8H,1-4H3,(H,17,19,20). The zero-order chi connectivity index (χ0) is 15.9. The van der Waals surface area contributed by atoms with Crippen molar-refractivity contribution in [2.45, 2.75) is 27.7 Å². The molecule has 0 aliphatic heterocycles. The summed E-state index contributed by atoms with van der Waals surface area (Å²) in [5, 5.41) is 3.19. The molecule has 0 radical (unpaired) electrons. The monoisotopic (exact) mass is 295 g/mol. The Morgan fingerprint density at radius 1 is 1.00 bits per heavy atom. The van der Waals surface area contributed by atoms with E-state index in [9.17, 15) is 4.79 Å². The summed E-state index contributed by atoms with van der Waals surface area (Å²) in [6.07, 6.45) is 0. The Bertz CT molecular complexity index is 930. The maximum atomic E-state index is 12.0. The van der Waals surface area contributed by atoms with E-state index in [-0.39, 0.29) is 5.56 Å². The number of benzene rings is 1. The molecule has 0 saturated heterocycles. The van der Waals surface area contributed by atoms with Crippen molar-refractivity contribution in [2.24, 2.45) is 0 Å².